The summed E-state index contributed by atoms with van der Waals surface area (Å²) in [6.07, 6.45) is 5.58. The second kappa shape index (κ2) is 5.42. The summed E-state index contributed by atoms with van der Waals surface area (Å²) in [5.74, 6) is 0.692. The van der Waals surface area contributed by atoms with Crippen molar-refractivity contribution in [2.45, 2.75) is 50.2 Å². The standard InChI is InChI=1S/C12H20N2O3S/c1-2-10(5-9-3-4-9)14-18(16,17)12-6-11(8-15)13-7-12/h6-7,9-10,13-15H,2-5,8H2,1H3. The average Bonchev–Trinajstić information content (AvgIpc) is 3.01. The summed E-state index contributed by atoms with van der Waals surface area (Å²) in [7, 11) is -3.47. The molecule has 0 bridgehead atoms. The van der Waals surface area contributed by atoms with E-state index in [-0.39, 0.29) is 17.5 Å². The van der Waals surface area contributed by atoms with Gasteiger partial charge >= 0.3 is 0 Å². The van der Waals surface area contributed by atoms with E-state index in [1.807, 2.05) is 6.92 Å². The first-order valence-electron chi connectivity index (χ1n) is 6.35. The van der Waals surface area contributed by atoms with Gasteiger partial charge in [0.2, 0.25) is 10.0 Å². The SMILES string of the molecule is CCC(CC1CC1)NS(=O)(=O)c1c[nH]c(CO)c1. The Hall–Kier alpha value is -0.850. The van der Waals surface area contributed by atoms with Crippen LogP contribution in [0.5, 0.6) is 0 Å². The molecule has 0 amide bonds. The Labute approximate surface area is 108 Å². The number of nitrogens with one attached hydrogen (secondary N) is 2. The van der Waals surface area contributed by atoms with Gasteiger partial charge in [-0.25, -0.2) is 13.1 Å². The minimum Gasteiger partial charge on any atom is -0.390 e. The molecule has 0 radical (unpaired) electrons. The van der Waals surface area contributed by atoms with Crippen molar-refractivity contribution in [3.8, 4) is 0 Å². The molecule has 6 heteroatoms. The number of hydrogen-bond donors (Lipinski definition) is 3. The van der Waals surface area contributed by atoms with Crippen LogP contribution in [0.15, 0.2) is 17.2 Å². The van der Waals surface area contributed by atoms with Crippen LogP contribution < -0.4 is 4.72 Å². The second-order valence-electron chi connectivity index (χ2n) is 4.92. The fraction of sp³-hybridized carbons (Fsp3) is 0.667. The number of aliphatic hydroxyl groups excluding tert-OH is 1. The molecule has 3 N–H and O–H groups in total. The molecular formula is C12H20N2O3S. The van der Waals surface area contributed by atoms with Gasteiger partial charge in [0.05, 0.1) is 11.5 Å². The summed E-state index contributed by atoms with van der Waals surface area (Å²) in [5, 5.41) is 8.93. The van der Waals surface area contributed by atoms with E-state index in [0.717, 1.165) is 12.8 Å². The third-order valence-electron chi connectivity index (χ3n) is 3.33. The summed E-state index contributed by atoms with van der Waals surface area (Å²) < 4.78 is 27.0. The molecule has 102 valence electrons. The lowest BCUT2D eigenvalue weighted by atomic mass is 10.1. The van der Waals surface area contributed by atoms with Gasteiger partial charge in [-0.1, -0.05) is 19.8 Å². The minimum atomic E-state index is -3.47. The Bertz CT molecular complexity index is 491. The quantitative estimate of drug-likeness (QED) is 0.701. The molecule has 1 aromatic heterocycles. The van der Waals surface area contributed by atoms with E-state index >= 15 is 0 Å². The minimum absolute atomic E-state index is 0.00924. The van der Waals surface area contributed by atoms with E-state index in [1.54, 1.807) is 0 Å². The topological polar surface area (TPSA) is 82.2 Å². The highest BCUT2D eigenvalue weighted by Crippen LogP contribution is 2.34. The van der Waals surface area contributed by atoms with Crippen molar-refractivity contribution in [2.75, 3.05) is 0 Å². The lowest BCUT2D eigenvalue weighted by Crippen LogP contribution is -2.34. The van der Waals surface area contributed by atoms with Gasteiger partial charge in [0, 0.05) is 17.9 Å². The number of rotatable bonds is 7. The number of H-pyrrole nitrogens is 1. The van der Waals surface area contributed by atoms with Crippen molar-refractivity contribution >= 4 is 10.0 Å². The van der Waals surface area contributed by atoms with Crippen LogP contribution in [0.25, 0.3) is 0 Å². The lowest BCUT2D eigenvalue weighted by Gasteiger charge is -2.16. The summed E-state index contributed by atoms with van der Waals surface area (Å²) in [4.78, 5) is 2.93. The number of aromatic amines is 1. The summed E-state index contributed by atoms with van der Waals surface area (Å²) in [6.45, 7) is 1.81. The molecule has 1 fully saturated rings. The molecule has 1 aliphatic carbocycles. The molecule has 0 aromatic carbocycles. The number of hydrogen-bond acceptors (Lipinski definition) is 3. The first kappa shape index (κ1) is 13.6. The fourth-order valence-corrected chi connectivity index (χ4v) is 3.36. The van der Waals surface area contributed by atoms with Gasteiger partial charge in [-0.3, -0.25) is 0 Å². The van der Waals surface area contributed by atoms with Gasteiger partial charge in [0.15, 0.2) is 0 Å². The second-order valence-corrected chi connectivity index (χ2v) is 6.64. The molecule has 1 aliphatic rings. The van der Waals surface area contributed by atoms with Crippen LogP contribution in [0.2, 0.25) is 0 Å². The van der Waals surface area contributed by atoms with E-state index in [2.05, 4.69) is 9.71 Å². The van der Waals surface area contributed by atoms with Crippen molar-refractivity contribution in [1.82, 2.24) is 9.71 Å². The van der Waals surface area contributed by atoms with E-state index in [9.17, 15) is 8.42 Å². The van der Waals surface area contributed by atoms with Crippen molar-refractivity contribution in [3.63, 3.8) is 0 Å². The van der Waals surface area contributed by atoms with Crippen LogP contribution in [0.1, 0.15) is 38.3 Å². The van der Waals surface area contributed by atoms with Gasteiger partial charge in [-0.05, 0) is 24.8 Å². The Morgan fingerprint density at radius 1 is 1.56 bits per heavy atom. The maximum absolute atomic E-state index is 12.1. The highest BCUT2D eigenvalue weighted by Gasteiger charge is 2.27. The largest absolute Gasteiger partial charge is 0.390 e. The zero-order chi connectivity index (χ0) is 13.2. The normalized spacial score (nSPS) is 17.9. The summed E-state index contributed by atoms with van der Waals surface area (Å²) >= 11 is 0. The van der Waals surface area contributed by atoms with Gasteiger partial charge in [0.1, 0.15) is 0 Å². The molecule has 1 heterocycles. The fourth-order valence-electron chi connectivity index (χ4n) is 2.01. The molecule has 1 aromatic rings. The zero-order valence-corrected chi connectivity index (χ0v) is 11.3. The van der Waals surface area contributed by atoms with E-state index in [4.69, 9.17) is 5.11 Å². The molecule has 18 heavy (non-hydrogen) atoms. The Morgan fingerprint density at radius 2 is 2.28 bits per heavy atom. The average molecular weight is 272 g/mol. The third kappa shape index (κ3) is 3.34. The van der Waals surface area contributed by atoms with Crippen molar-refractivity contribution in [2.24, 2.45) is 5.92 Å². The Morgan fingerprint density at radius 3 is 2.78 bits per heavy atom. The van der Waals surface area contributed by atoms with Crippen molar-refractivity contribution in [1.29, 1.82) is 0 Å². The predicted molar refractivity (Wildman–Crippen MR) is 68.5 cm³/mol. The summed E-state index contributed by atoms with van der Waals surface area (Å²) in [6, 6.07) is 1.47. The van der Waals surface area contributed by atoms with Crippen LogP contribution in [-0.2, 0) is 16.6 Å². The van der Waals surface area contributed by atoms with E-state index < -0.39 is 10.0 Å². The molecule has 0 saturated heterocycles. The molecule has 0 spiro atoms. The molecule has 5 nitrogen and oxygen atoms in total. The number of aromatic nitrogens is 1. The molecule has 1 unspecified atom stereocenters. The lowest BCUT2D eigenvalue weighted by molar-refractivity contribution is 0.277. The van der Waals surface area contributed by atoms with Gasteiger partial charge in [-0.2, -0.15) is 0 Å². The maximum Gasteiger partial charge on any atom is 0.242 e. The van der Waals surface area contributed by atoms with Gasteiger partial charge in [0.25, 0.3) is 0 Å². The van der Waals surface area contributed by atoms with Crippen molar-refractivity contribution < 1.29 is 13.5 Å². The molecule has 0 aliphatic heterocycles. The first-order chi connectivity index (χ1) is 8.55. The van der Waals surface area contributed by atoms with Gasteiger partial charge < -0.3 is 10.1 Å². The van der Waals surface area contributed by atoms with Crippen LogP contribution >= 0.6 is 0 Å². The third-order valence-corrected chi connectivity index (χ3v) is 4.83. The molecular weight excluding hydrogens is 252 g/mol. The Balaban J connectivity index is 2.04. The van der Waals surface area contributed by atoms with Crippen LogP contribution in [0.4, 0.5) is 0 Å². The van der Waals surface area contributed by atoms with Crippen molar-refractivity contribution in [3.05, 3.63) is 18.0 Å². The van der Waals surface area contributed by atoms with Crippen LogP contribution in [0, 0.1) is 5.92 Å². The first-order valence-corrected chi connectivity index (χ1v) is 7.84. The number of aliphatic hydroxyl groups is 1. The molecule has 2 rings (SSSR count). The molecule has 1 atom stereocenters. The van der Waals surface area contributed by atoms with Crippen LogP contribution in [0.3, 0.4) is 0 Å². The smallest absolute Gasteiger partial charge is 0.242 e. The molecule has 1 saturated carbocycles. The van der Waals surface area contributed by atoms with E-state index in [0.29, 0.717) is 11.6 Å². The highest BCUT2D eigenvalue weighted by molar-refractivity contribution is 7.89. The van der Waals surface area contributed by atoms with E-state index in [1.165, 1.54) is 25.1 Å². The maximum atomic E-state index is 12.1. The highest BCUT2D eigenvalue weighted by atomic mass is 32.2. The Kier molecular flexibility index (Phi) is 4.09. The summed E-state index contributed by atoms with van der Waals surface area (Å²) in [5.41, 5.74) is 0.505. The number of sulfonamides is 1. The predicted octanol–water partition coefficient (Wildman–Crippen LogP) is 1.36. The van der Waals surface area contributed by atoms with Crippen LogP contribution in [-0.4, -0.2) is 24.6 Å². The monoisotopic (exact) mass is 272 g/mol. The zero-order valence-electron chi connectivity index (χ0n) is 10.5. The van der Waals surface area contributed by atoms with Gasteiger partial charge in [-0.15, -0.1) is 0 Å².